The van der Waals surface area contributed by atoms with Gasteiger partial charge in [0.1, 0.15) is 11.5 Å². The number of aromatic hydroxyl groups is 1. The van der Waals surface area contributed by atoms with Crippen molar-refractivity contribution in [3.63, 3.8) is 0 Å². The van der Waals surface area contributed by atoms with Crippen molar-refractivity contribution in [3.05, 3.63) is 63.2 Å². The average Bonchev–Trinajstić information content (AvgIpc) is 2.78. The van der Waals surface area contributed by atoms with Crippen LogP contribution in [-0.2, 0) is 24.1 Å². The van der Waals surface area contributed by atoms with E-state index in [-0.39, 0.29) is 17.5 Å². The molecule has 3 nitrogen and oxygen atoms in total. The molecule has 1 aliphatic carbocycles. The summed E-state index contributed by atoms with van der Waals surface area (Å²) in [6.45, 7) is 2.66. The molecule has 142 valence electrons. The third-order valence-electron chi connectivity index (χ3n) is 6.31. The third kappa shape index (κ3) is 3.39. The Bertz CT molecular complexity index is 892. The summed E-state index contributed by atoms with van der Waals surface area (Å²) < 4.78 is 0. The van der Waals surface area contributed by atoms with Crippen molar-refractivity contribution in [1.29, 1.82) is 0 Å². The summed E-state index contributed by atoms with van der Waals surface area (Å²) in [6, 6.07) is 10.8. The second kappa shape index (κ2) is 7.29. The molecule has 0 amide bonds. The standard InChI is InChI=1S/C23H26ClNO2/c1-14(26)6-7-15-4-3-5-18-17(15)8-9-21-23(18)19-13-22(27)20(24)12-16(19)10-11-25(21)2/h3-5,12-13,21,23,27H,6-11H2,1-2H3/t21-,23+/m0/s1. The van der Waals surface area contributed by atoms with Crippen LogP contribution in [0.3, 0.4) is 0 Å². The minimum absolute atomic E-state index is 0.165. The van der Waals surface area contributed by atoms with Crippen molar-refractivity contribution < 1.29 is 9.90 Å². The molecule has 4 rings (SSSR count). The third-order valence-corrected chi connectivity index (χ3v) is 6.61. The highest BCUT2D eigenvalue weighted by Gasteiger charge is 2.37. The summed E-state index contributed by atoms with van der Waals surface area (Å²) >= 11 is 6.21. The maximum absolute atomic E-state index is 11.5. The smallest absolute Gasteiger partial charge is 0.134 e. The second-order valence-electron chi connectivity index (χ2n) is 8.00. The molecular weight excluding hydrogens is 358 g/mol. The van der Waals surface area contributed by atoms with Crippen LogP contribution in [0.1, 0.15) is 53.5 Å². The Morgan fingerprint density at radius 1 is 1.26 bits per heavy atom. The van der Waals surface area contributed by atoms with Crippen LogP contribution in [0.5, 0.6) is 5.75 Å². The van der Waals surface area contributed by atoms with Gasteiger partial charge in [-0.15, -0.1) is 0 Å². The number of likely N-dealkylation sites (N-methyl/N-ethyl adjacent to an activating group) is 1. The summed E-state index contributed by atoms with van der Waals surface area (Å²) in [4.78, 5) is 13.9. The quantitative estimate of drug-likeness (QED) is 0.848. The van der Waals surface area contributed by atoms with Gasteiger partial charge in [0.2, 0.25) is 0 Å². The molecule has 2 aliphatic rings. The maximum Gasteiger partial charge on any atom is 0.134 e. The molecule has 2 aromatic rings. The predicted octanol–water partition coefficient (Wildman–Crippen LogP) is 4.50. The minimum atomic E-state index is 0.165. The number of halogens is 1. The Kier molecular flexibility index (Phi) is 5.00. The molecule has 0 bridgehead atoms. The van der Waals surface area contributed by atoms with Gasteiger partial charge in [-0.1, -0.05) is 29.8 Å². The molecular formula is C23H26ClNO2. The molecule has 0 radical (unpaired) electrons. The molecule has 27 heavy (non-hydrogen) atoms. The number of Topliss-reactive ketones (excluding diaryl/α,β-unsaturated/α-hetero) is 1. The fraction of sp³-hybridized carbons (Fsp3) is 0.435. The maximum atomic E-state index is 11.5. The number of phenolic OH excluding ortho intramolecular Hbond substituents is 1. The van der Waals surface area contributed by atoms with Gasteiger partial charge in [0.25, 0.3) is 0 Å². The first-order valence-electron chi connectivity index (χ1n) is 9.77. The average molecular weight is 384 g/mol. The molecule has 4 heteroatoms. The molecule has 2 atom stereocenters. The van der Waals surface area contributed by atoms with E-state index in [1.165, 1.54) is 27.8 Å². The van der Waals surface area contributed by atoms with Crippen molar-refractivity contribution in [2.45, 2.75) is 51.0 Å². The van der Waals surface area contributed by atoms with Crippen molar-refractivity contribution in [2.75, 3.05) is 13.6 Å². The lowest BCUT2D eigenvalue weighted by Crippen LogP contribution is -2.39. The summed E-state index contributed by atoms with van der Waals surface area (Å²) in [7, 11) is 2.20. The van der Waals surface area contributed by atoms with Crippen LogP contribution in [0.25, 0.3) is 0 Å². The topological polar surface area (TPSA) is 40.5 Å². The monoisotopic (exact) mass is 383 g/mol. The Morgan fingerprint density at radius 3 is 2.85 bits per heavy atom. The Morgan fingerprint density at radius 2 is 2.07 bits per heavy atom. The van der Waals surface area contributed by atoms with E-state index in [2.05, 4.69) is 30.1 Å². The molecule has 0 saturated carbocycles. The lowest BCUT2D eigenvalue weighted by molar-refractivity contribution is -0.116. The summed E-state index contributed by atoms with van der Waals surface area (Å²) in [5.74, 6) is 0.635. The van der Waals surface area contributed by atoms with Gasteiger partial charge in [-0.05, 0) is 79.6 Å². The first-order valence-corrected chi connectivity index (χ1v) is 10.1. The van der Waals surface area contributed by atoms with Crippen LogP contribution in [0.15, 0.2) is 30.3 Å². The summed E-state index contributed by atoms with van der Waals surface area (Å²) in [5, 5.41) is 10.7. The number of aryl methyl sites for hydroxylation is 1. The van der Waals surface area contributed by atoms with E-state index in [1.807, 2.05) is 12.1 Å². The fourth-order valence-corrected chi connectivity index (χ4v) is 5.09. The lowest BCUT2D eigenvalue weighted by Gasteiger charge is -2.39. The number of phenols is 1. The highest BCUT2D eigenvalue weighted by atomic mass is 35.5. The predicted molar refractivity (Wildman–Crippen MR) is 109 cm³/mol. The number of ketones is 1. The molecule has 0 unspecified atom stereocenters. The van der Waals surface area contributed by atoms with E-state index in [9.17, 15) is 9.90 Å². The van der Waals surface area contributed by atoms with Crippen LogP contribution in [0, 0.1) is 0 Å². The zero-order chi connectivity index (χ0) is 19.1. The highest BCUT2D eigenvalue weighted by molar-refractivity contribution is 6.32. The van der Waals surface area contributed by atoms with Gasteiger partial charge in [0.05, 0.1) is 5.02 Å². The van der Waals surface area contributed by atoms with E-state index in [0.717, 1.165) is 32.2 Å². The van der Waals surface area contributed by atoms with E-state index in [0.29, 0.717) is 17.5 Å². The Balaban J connectivity index is 1.84. The summed E-state index contributed by atoms with van der Waals surface area (Å²) in [5.41, 5.74) is 6.49. The summed E-state index contributed by atoms with van der Waals surface area (Å²) in [6.07, 6.45) is 4.48. The van der Waals surface area contributed by atoms with Crippen LogP contribution >= 0.6 is 11.6 Å². The van der Waals surface area contributed by atoms with Gasteiger partial charge in [0.15, 0.2) is 0 Å². The SMILES string of the molecule is CC(=O)CCc1cccc2c1CC[C@H]1[C@H]2c2cc(O)c(Cl)cc2CCN1C. The lowest BCUT2D eigenvalue weighted by atomic mass is 9.73. The fourth-order valence-electron chi connectivity index (χ4n) is 4.90. The van der Waals surface area contributed by atoms with Crippen molar-refractivity contribution in [1.82, 2.24) is 4.90 Å². The van der Waals surface area contributed by atoms with E-state index < -0.39 is 0 Å². The minimum Gasteiger partial charge on any atom is -0.506 e. The molecule has 0 saturated heterocycles. The number of carbonyl (C=O) groups is 1. The van der Waals surface area contributed by atoms with Crippen molar-refractivity contribution in [3.8, 4) is 5.75 Å². The molecule has 1 N–H and O–H groups in total. The van der Waals surface area contributed by atoms with Gasteiger partial charge in [0, 0.05) is 24.9 Å². The van der Waals surface area contributed by atoms with E-state index in [1.54, 1.807) is 6.92 Å². The number of hydrogen-bond acceptors (Lipinski definition) is 3. The number of rotatable bonds is 3. The Hall–Kier alpha value is -1.84. The van der Waals surface area contributed by atoms with Gasteiger partial charge < -0.3 is 14.8 Å². The van der Waals surface area contributed by atoms with Crippen molar-refractivity contribution in [2.24, 2.45) is 0 Å². The number of hydrogen-bond donors (Lipinski definition) is 1. The highest BCUT2D eigenvalue weighted by Crippen LogP contribution is 2.45. The number of nitrogens with zero attached hydrogens (tertiary/aromatic N) is 1. The number of fused-ring (bicyclic) bond motifs is 5. The largest absolute Gasteiger partial charge is 0.506 e. The second-order valence-corrected chi connectivity index (χ2v) is 8.41. The number of benzene rings is 2. The van der Waals surface area contributed by atoms with E-state index >= 15 is 0 Å². The van der Waals surface area contributed by atoms with Crippen LogP contribution in [0.2, 0.25) is 5.02 Å². The van der Waals surface area contributed by atoms with Gasteiger partial charge in [-0.2, -0.15) is 0 Å². The molecule has 0 spiro atoms. The molecule has 2 aromatic carbocycles. The van der Waals surface area contributed by atoms with E-state index in [4.69, 9.17) is 11.6 Å². The number of carbonyl (C=O) groups excluding carboxylic acids is 1. The molecule has 1 heterocycles. The zero-order valence-corrected chi connectivity index (χ0v) is 16.7. The normalized spacial score (nSPS) is 21.7. The molecule has 0 fully saturated rings. The van der Waals surface area contributed by atoms with Gasteiger partial charge in [-0.25, -0.2) is 0 Å². The van der Waals surface area contributed by atoms with Gasteiger partial charge in [-0.3, -0.25) is 0 Å². The van der Waals surface area contributed by atoms with Crippen LogP contribution < -0.4 is 0 Å². The zero-order valence-electron chi connectivity index (χ0n) is 16.0. The Labute approximate surface area is 166 Å². The van der Waals surface area contributed by atoms with Crippen LogP contribution in [0.4, 0.5) is 0 Å². The van der Waals surface area contributed by atoms with Crippen molar-refractivity contribution >= 4 is 17.4 Å². The first kappa shape index (κ1) is 18.5. The molecule has 1 aliphatic heterocycles. The molecule has 0 aromatic heterocycles. The first-order chi connectivity index (χ1) is 13.0. The van der Waals surface area contributed by atoms with Gasteiger partial charge >= 0.3 is 0 Å². The van der Waals surface area contributed by atoms with Crippen LogP contribution in [-0.4, -0.2) is 35.4 Å².